The largest absolute Gasteiger partial charge is 0.462 e. The quantitative estimate of drug-likeness (QED) is 0.0197. The van der Waals surface area contributed by atoms with Crippen molar-refractivity contribution in [3.63, 3.8) is 0 Å². The molecule has 4 N–H and O–H groups in total. The molecule has 0 saturated carbocycles. The highest BCUT2D eigenvalue weighted by molar-refractivity contribution is 7.85. The standard InChI is InChI=1S/C49H88O12S/c1-3-5-7-9-11-13-15-17-19-21-23-25-27-29-31-33-35-37-44(50)58-39-42(40-59-49-48(54)47(53)46(52)43(61-49)41-62(55,56)57)60-45(51)38-36-34-32-30-28-26-24-22-20-18-16-14-12-10-8-6-4-2/h17,19,23,25,29,31,42-43,46-49,52-54H,3-16,18,20-22,24,26-28,30,32-41H2,1-2H3,(H,55,56,57)/b19-17+,25-23+,31-29+/t42-,43-,46-,47?,48?,49+/m1/s1. The number of hydrogen-bond acceptors (Lipinski definition) is 11. The number of hydrogen-bond donors (Lipinski definition) is 4. The first-order chi connectivity index (χ1) is 30.0. The van der Waals surface area contributed by atoms with Crippen molar-refractivity contribution in [3.8, 4) is 0 Å². The lowest BCUT2D eigenvalue weighted by Gasteiger charge is -2.40. The minimum Gasteiger partial charge on any atom is -0.462 e. The zero-order valence-corrected chi connectivity index (χ0v) is 39.5. The predicted molar refractivity (Wildman–Crippen MR) is 247 cm³/mol. The molecular weight excluding hydrogens is 813 g/mol. The van der Waals surface area contributed by atoms with Crippen LogP contribution < -0.4 is 0 Å². The van der Waals surface area contributed by atoms with Crippen LogP contribution in [-0.2, 0) is 38.7 Å². The third kappa shape index (κ3) is 33.4. The van der Waals surface area contributed by atoms with E-state index in [1.807, 2.05) is 6.08 Å². The van der Waals surface area contributed by atoms with Crippen LogP contribution in [0.25, 0.3) is 0 Å². The Hall–Kier alpha value is -2.13. The zero-order valence-electron chi connectivity index (χ0n) is 38.7. The lowest BCUT2D eigenvalue weighted by atomic mass is 10.00. The molecule has 0 aliphatic carbocycles. The first kappa shape index (κ1) is 57.9. The van der Waals surface area contributed by atoms with Crippen molar-refractivity contribution in [2.45, 2.75) is 243 Å². The van der Waals surface area contributed by atoms with Gasteiger partial charge in [0.15, 0.2) is 12.4 Å². The maximum Gasteiger partial charge on any atom is 0.306 e. The third-order valence-electron chi connectivity index (χ3n) is 11.2. The molecule has 0 radical (unpaired) electrons. The molecule has 13 heteroatoms. The van der Waals surface area contributed by atoms with Crippen molar-refractivity contribution in [1.82, 2.24) is 0 Å². The van der Waals surface area contributed by atoms with Crippen molar-refractivity contribution in [3.05, 3.63) is 36.5 Å². The molecule has 12 nitrogen and oxygen atoms in total. The maximum atomic E-state index is 12.8. The van der Waals surface area contributed by atoms with E-state index in [9.17, 15) is 37.9 Å². The molecular formula is C49H88O12S. The van der Waals surface area contributed by atoms with Crippen LogP contribution in [-0.4, -0.2) is 96.0 Å². The average Bonchev–Trinajstić information content (AvgIpc) is 3.24. The molecule has 1 saturated heterocycles. The van der Waals surface area contributed by atoms with Crippen molar-refractivity contribution < 1.29 is 56.8 Å². The molecule has 1 aliphatic rings. The molecule has 362 valence electrons. The highest BCUT2D eigenvalue weighted by Crippen LogP contribution is 2.24. The van der Waals surface area contributed by atoms with Gasteiger partial charge in [0, 0.05) is 12.8 Å². The Bertz CT molecular complexity index is 1290. The Morgan fingerprint density at radius 1 is 0.548 bits per heavy atom. The van der Waals surface area contributed by atoms with Crippen LogP contribution in [0.15, 0.2) is 36.5 Å². The van der Waals surface area contributed by atoms with Crippen molar-refractivity contribution in [1.29, 1.82) is 0 Å². The summed E-state index contributed by atoms with van der Waals surface area (Å²) >= 11 is 0. The van der Waals surface area contributed by atoms with E-state index in [4.69, 9.17) is 18.9 Å². The van der Waals surface area contributed by atoms with Gasteiger partial charge in [-0.05, 0) is 44.9 Å². The first-order valence-corrected chi connectivity index (χ1v) is 26.2. The van der Waals surface area contributed by atoms with Gasteiger partial charge in [-0.1, -0.05) is 185 Å². The molecule has 0 aromatic heterocycles. The predicted octanol–water partition coefficient (Wildman–Crippen LogP) is 10.6. The van der Waals surface area contributed by atoms with E-state index in [1.165, 1.54) is 122 Å². The molecule has 0 bridgehead atoms. The summed E-state index contributed by atoms with van der Waals surface area (Å²) in [6.45, 7) is 3.73. The zero-order chi connectivity index (χ0) is 45.5. The van der Waals surface area contributed by atoms with Gasteiger partial charge in [0.1, 0.15) is 36.8 Å². The van der Waals surface area contributed by atoms with Gasteiger partial charge < -0.3 is 34.3 Å². The van der Waals surface area contributed by atoms with E-state index in [-0.39, 0.29) is 19.4 Å². The van der Waals surface area contributed by atoms with E-state index in [0.29, 0.717) is 19.3 Å². The Morgan fingerprint density at radius 2 is 0.984 bits per heavy atom. The first-order valence-electron chi connectivity index (χ1n) is 24.5. The van der Waals surface area contributed by atoms with Gasteiger partial charge >= 0.3 is 11.9 Å². The van der Waals surface area contributed by atoms with Crippen LogP contribution >= 0.6 is 0 Å². The topological polar surface area (TPSA) is 186 Å². The van der Waals surface area contributed by atoms with E-state index in [0.717, 1.165) is 38.5 Å². The Balaban J connectivity index is 2.44. The van der Waals surface area contributed by atoms with Crippen LogP contribution in [0.2, 0.25) is 0 Å². The van der Waals surface area contributed by atoms with Gasteiger partial charge in [0.05, 0.1) is 6.61 Å². The molecule has 6 atom stereocenters. The van der Waals surface area contributed by atoms with E-state index in [1.54, 1.807) is 0 Å². The number of unbranched alkanes of at least 4 members (excludes halogenated alkanes) is 23. The van der Waals surface area contributed by atoms with Crippen LogP contribution in [0, 0.1) is 0 Å². The number of carbonyl (C=O) groups is 2. The fraction of sp³-hybridized carbons (Fsp3) is 0.837. The number of esters is 2. The van der Waals surface area contributed by atoms with E-state index < -0.39 is 71.2 Å². The van der Waals surface area contributed by atoms with Crippen LogP contribution in [0.4, 0.5) is 0 Å². The van der Waals surface area contributed by atoms with Gasteiger partial charge in [0.25, 0.3) is 10.1 Å². The second kappa shape index (κ2) is 39.3. The molecule has 0 amide bonds. The van der Waals surface area contributed by atoms with Crippen LogP contribution in [0.5, 0.6) is 0 Å². The Morgan fingerprint density at radius 3 is 1.48 bits per heavy atom. The molecule has 1 aliphatic heterocycles. The average molecular weight is 901 g/mol. The lowest BCUT2D eigenvalue weighted by molar-refractivity contribution is -0.297. The summed E-state index contributed by atoms with van der Waals surface area (Å²) < 4.78 is 54.1. The number of rotatable bonds is 41. The fourth-order valence-electron chi connectivity index (χ4n) is 7.40. The summed E-state index contributed by atoms with van der Waals surface area (Å²) in [5, 5.41) is 30.9. The van der Waals surface area contributed by atoms with E-state index >= 15 is 0 Å². The number of aliphatic hydroxyl groups excluding tert-OH is 3. The van der Waals surface area contributed by atoms with Crippen LogP contribution in [0.1, 0.15) is 206 Å². The second-order valence-corrected chi connectivity index (χ2v) is 18.6. The summed E-state index contributed by atoms with van der Waals surface area (Å²) in [5.41, 5.74) is 0. The minimum absolute atomic E-state index is 0.149. The highest BCUT2D eigenvalue weighted by Gasteiger charge is 2.46. The Labute approximate surface area is 376 Å². The molecule has 1 rings (SSSR count). The van der Waals surface area contributed by atoms with Gasteiger partial charge in [-0.2, -0.15) is 8.42 Å². The van der Waals surface area contributed by atoms with E-state index in [2.05, 4.69) is 44.2 Å². The molecule has 1 fully saturated rings. The van der Waals surface area contributed by atoms with Crippen molar-refractivity contribution in [2.24, 2.45) is 0 Å². The molecule has 1 heterocycles. The maximum absolute atomic E-state index is 12.8. The third-order valence-corrected chi connectivity index (χ3v) is 12.0. The monoisotopic (exact) mass is 901 g/mol. The summed E-state index contributed by atoms with van der Waals surface area (Å²) in [5.74, 6) is -2.04. The van der Waals surface area contributed by atoms with Gasteiger partial charge in [-0.3, -0.25) is 14.1 Å². The molecule has 2 unspecified atom stereocenters. The number of allylic oxidation sites excluding steroid dienone is 6. The summed E-state index contributed by atoms with van der Waals surface area (Å²) in [4.78, 5) is 25.4. The highest BCUT2D eigenvalue weighted by atomic mass is 32.2. The summed E-state index contributed by atoms with van der Waals surface area (Å²) in [7, 11) is -4.61. The van der Waals surface area contributed by atoms with Gasteiger partial charge in [0.2, 0.25) is 0 Å². The number of carbonyl (C=O) groups excluding carboxylic acids is 2. The Kier molecular flexibility index (Phi) is 36.6. The normalized spacial score (nSPS) is 20.1. The summed E-state index contributed by atoms with van der Waals surface area (Å²) in [6.07, 6.45) is 36.2. The fourth-order valence-corrected chi connectivity index (χ4v) is 8.09. The van der Waals surface area contributed by atoms with Crippen LogP contribution in [0.3, 0.4) is 0 Å². The second-order valence-electron chi connectivity index (χ2n) is 17.1. The van der Waals surface area contributed by atoms with Gasteiger partial charge in [-0.25, -0.2) is 0 Å². The SMILES string of the molecule is CCCCCCCC/C=C/C/C=C/C/C=C/CCCC(=O)OC[C@H](CO[C@H]1O[C@H](CS(=O)(=O)O)[C@@H](O)C(O)C1O)OC(=O)CCCCCCCCCCCCCCCCCCC. The summed E-state index contributed by atoms with van der Waals surface area (Å²) in [6, 6.07) is 0. The van der Waals surface area contributed by atoms with Crippen molar-refractivity contribution in [2.75, 3.05) is 19.0 Å². The minimum atomic E-state index is -4.61. The molecule has 0 aromatic carbocycles. The molecule has 62 heavy (non-hydrogen) atoms. The number of ether oxygens (including phenoxy) is 4. The molecule has 0 aromatic rings. The smallest absolute Gasteiger partial charge is 0.306 e. The van der Waals surface area contributed by atoms with Gasteiger partial charge in [-0.15, -0.1) is 0 Å². The lowest BCUT2D eigenvalue weighted by Crippen LogP contribution is -2.60. The van der Waals surface area contributed by atoms with Crippen molar-refractivity contribution >= 4 is 22.1 Å². The number of aliphatic hydroxyl groups is 3. The molecule has 0 spiro atoms.